The molecule has 1 aliphatic rings. The van der Waals surface area contributed by atoms with Gasteiger partial charge in [-0.1, -0.05) is 20.8 Å². The van der Waals surface area contributed by atoms with E-state index in [1.807, 2.05) is 0 Å². The normalized spacial score (nSPS) is 40.9. The van der Waals surface area contributed by atoms with Crippen LogP contribution in [0.1, 0.15) is 47.0 Å². The highest BCUT2D eigenvalue weighted by molar-refractivity contribution is 4.96. The first kappa shape index (κ1) is 12.0. The van der Waals surface area contributed by atoms with E-state index in [1.165, 1.54) is 0 Å². The largest absolute Gasteiger partial charge is 0.388 e. The molecule has 1 rings (SSSR count). The molecule has 1 aliphatic carbocycles. The highest BCUT2D eigenvalue weighted by Crippen LogP contribution is 2.38. The lowest BCUT2D eigenvalue weighted by atomic mass is 9.69. The molecule has 1 fully saturated rings. The lowest BCUT2D eigenvalue weighted by Crippen LogP contribution is -2.55. The van der Waals surface area contributed by atoms with Gasteiger partial charge in [0.2, 0.25) is 0 Å². The van der Waals surface area contributed by atoms with E-state index in [-0.39, 0.29) is 6.04 Å². The van der Waals surface area contributed by atoms with E-state index in [0.29, 0.717) is 5.92 Å². The summed E-state index contributed by atoms with van der Waals surface area (Å²) in [6.07, 6.45) is 3.27. The molecule has 2 N–H and O–H groups in total. The number of rotatable bonds is 3. The van der Waals surface area contributed by atoms with E-state index in [9.17, 15) is 5.11 Å². The van der Waals surface area contributed by atoms with Gasteiger partial charge in [0.05, 0.1) is 5.60 Å². The van der Waals surface area contributed by atoms with Crippen molar-refractivity contribution in [3.63, 3.8) is 0 Å². The van der Waals surface area contributed by atoms with Gasteiger partial charge in [0.15, 0.2) is 0 Å². The fraction of sp³-hybridized carbons (Fsp3) is 1.00. The van der Waals surface area contributed by atoms with Crippen LogP contribution >= 0.6 is 0 Å². The first-order chi connectivity index (χ1) is 6.50. The third kappa shape index (κ3) is 2.29. The minimum absolute atomic E-state index is 0.218. The second-order valence-corrected chi connectivity index (χ2v) is 5.05. The number of hydrogen-bond acceptors (Lipinski definition) is 2. The second-order valence-electron chi connectivity index (χ2n) is 5.05. The third-order valence-electron chi connectivity index (χ3n) is 3.91. The van der Waals surface area contributed by atoms with Crippen molar-refractivity contribution < 1.29 is 5.11 Å². The first-order valence-electron chi connectivity index (χ1n) is 5.96. The quantitative estimate of drug-likeness (QED) is 0.730. The monoisotopic (exact) mass is 199 g/mol. The topological polar surface area (TPSA) is 32.3 Å². The van der Waals surface area contributed by atoms with Gasteiger partial charge >= 0.3 is 0 Å². The van der Waals surface area contributed by atoms with E-state index in [0.717, 1.165) is 31.7 Å². The summed E-state index contributed by atoms with van der Waals surface area (Å²) in [4.78, 5) is 0. The second kappa shape index (κ2) is 4.63. The van der Waals surface area contributed by atoms with Crippen LogP contribution in [0.15, 0.2) is 0 Å². The molecule has 0 aromatic carbocycles. The summed E-state index contributed by atoms with van der Waals surface area (Å²) >= 11 is 0. The van der Waals surface area contributed by atoms with Gasteiger partial charge in [0.25, 0.3) is 0 Å². The molecule has 0 bridgehead atoms. The number of likely N-dealkylation sites (N-methyl/N-ethyl adjacent to an activating group) is 1. The molecule has 2 nitrogen and oxygen atoms in total. The summed E-state index contributed by atoms with van der Waals surface area (Å²) in [6, 6.07) is 0.218. The number of aliphatic hydroxyl groups is 1. The Morgan fingerprint density at radius 1 is 1.50 bits per heavy atom. The average molecular weight is 199 g/mol. The zero-order valence-corrected chi connectivity index (χ0v) is 10.0. The molecule has 0 amide bonds. The molecule has 0 heterocycles. The van der Waals surface area contributed by atoms with Crippen LogP contribution < -0.4 is 5.32 Å². The predicted molar refractivity (Wildman–Crippen MR) is 60.3 cm³/mol. The SMILES string of the molecule is CCNC(C)C1(O)CCC(C)CC1C. The van der Waals surface area contributed by atoms with Gasteiger partial charge in [-0.25, -0.2) is 0 Å². The number of nitrogens with one attached hydrogen (secondary N) is 1. The molecule has 0 saturated heterocycles. The molecular weight excluding hydrogens is 174 g/mol. The molecule has 0 aliphatic heterocycles. The van der Waals surface area contributed by atoms with Crippen LogP contribution in [-0.2, 0) is 0 Å². The Morgan fingerprint density at radius 2 is 2.14 bits per heavy atom. The molecule has 2 heteroatoms. The third-order valence-corrected chi connectivity index (χ3v) is 3.91. The molecular formula is C12H25NO. The lowest BCUT2D eigenvalue weighted by molar-refractivity contribution is -0.0763. The molecule has 0 radical (unpaired) electrons. The fourth-order valence-corrected chi connectivity index (χ4v) is 2.78. The maximum Gasteiger partial charge on any atom is 0.0822 e. The standard InChI is InChI=1S/C12H25NO/c1-5-13-11(4)12(14)7-6-9(2)8-10(12)3/h9-11,13-14H,5-8H2,1-4H3. The van der Waals surface area contributed by atoms with Crippen LogP contribution in [0.5, 0.6) is 0 Å². The summed E-state index contributed by atoms with van der Waals surface area (Å²) in [7, 11) is 0. The van der Waals surface area contributed by atoms with Crippen molar-refractivity contribution >= 4 is 0 Å². The van der Waals surface area contributed by atoms with E-state index in [4.69, 9.17) is 0 Å². The van der Waals surface area contributed by atoms with Crippen LogP contribution in [0.3, 0.4) is 0 Å². The van der Waals surface area contributed by atoms with Gasteiger partial charge in [0.1, 0.15) is 0 Å². The predicted octanol–water partition coefficient (Wildman–Crippen LogP) is 2.17. The van der Waals surface area contributed by atoms with Crippen LogP contribution in [0, 0.1) is 11.8 Å². The van der Waals surface area contributed by atoms with Crippen molar-refractivity contribution in [2.75, 3.05) is 6.54 Å². The first-order valence-corrected chi connectivity index (χ1v) is 5.96. The van der Waals surface area contributed by atoms with E-state index in [2.05, 4.69) is 33.0 Å². The summed E-state index contributed by atoms with van der Waals surface area (Å²) in [5.41, 5.74) is -0.484. The summed E-state index contributed by atoms with van der Waals surface area (Å²) in [5.74, 6) is 1.19. The van der Waals surface area contributed by atoms with Crippen molar-refractivity contribution in [2.24, 2.45) is 11.8 Å². The summed E-state index contributed by atoms with van der Waals surface area (Å²) < 4.78 is 0. The van der Waals surface area contributed by atoms with Gasteiger partial charge in [-0.3, -0.25) is 0 Å². The van der Waals surface area contributed by atoms with E-state index >= 15 is 0 Å². The zero-order valence-electron chi connectivity index (χ0n) is 10.0. The minimum Gasteiger partial charge on any atom is -0.388 e. The Morgan fingerprint density at radius 3 is 2.64 bits per heavy atom. The van der Waals surface area contributed by atoms with Gasteiger partial charge in [-0.2, -0.15) is 0 Å². The molecule has 1 saturated carbocycles. The summed E-state index contributed by atoms with van der Waals surface area (Å²) in [6.45, 7) is 9.61. The average Bonchev–Trinajstić information content (AvgIpc) is 2.12. The van der Waals surface area contributed by atoms with Gasteiger partial charge in [0, 0.05) is 6.04 Å². The molecule has 14 heavy (non-hydrogen) atoms. The van der Waals surface area contributed by atoms with Crippen molar-refractivity contribution in [3.05, 3.63) is 0 Å². The Labute approximate surface area is 88.1 Å². The summed E-state index contributed by atoms with van der Waals surface area (Å²) in [5, 5.41) is 13.9. The Balaban J connectivity index is 2.62. The van der Waals surface area contributed by atoms with Crippen molar-refractivity contribution in [3.8, 4) is 0 Å². The van der Waals surface area contributed by atoms with Gasteiger partial charge in [-0.05, 0) is 44.6 Å². The molecule has 84 valence electrons. The number of hydrogen-bond donors (Lipinski definition) is 2. The highest BCUT2D eigenvalue weighted by atomic mass is 16.3. The van der Waals surface area contributed by atoms with Crippen LogP contribution in [0.4, 0.5) is 0 Å². The van der Waals surface area contributed by atoms with Gasteiger partial charge < -0.3 is 10.4 Å². The van der Waals surface area contributed by atoms with E-state index in [1.54, 1.807) is 0 Å². The molecule has 4 unspecified atom stereocenters. The van der Waals surface area contributed by atoms with Crippen LogP contribution in [-0.4, -0.2) is 23.3 Å². The van der Waals surface area contributed by atoms with E-state index < -0.39 is 5.60 Å². The van der Waals surface area contributed by atoms with Crippen molar-refractivity contribution in [1.29, 1.82) is 0 Å². The van der Waals surface area contributed by atoms with Crippen LogP contribution in [0.25, 0.3) is 0 Å². The maximum atomic E-state index is 10.6. The Hall–Kier alpha value is -0.0800. The molecule has 4 atom stereocenters. The smallest absolute Gasteiger partial charge is 0.0822 e. The van der Waals surface area contributed by atoms with Crippen molar-refractivity contribution in [1.82, 2.24) is 5.32 Å². The lowest BCUT2D eigenvalue weighted by Gasteiger charge is -2.44. The Kier molecular flexibility index (Phi) is 3.96. The van der Waals surface area contributed by atoms with Gasteiger partial charge in [-0.15, -0.1) is 0 Å². The molecule has 0 aromatic heterocycles. The maximum absolute atomic E-state index is 10.6. The van der Waals surface area contributed by atoms with Crippen LogP contribution in [0.2, 0.25) is 0 Å². The Bertz CT molecular complexity index is 177. The molecule has 0 aromatic rings. The van der Waals surface area contributed by atoms with Crippen molar-refractivity contribution in [2.45, 2.75) is 58.6 Å². The highest BCUT2D eigenvalue weighted by Gasteiger charge is 2.42. The fourth-order valence-electron chi connectivity index (χ4n) is 2.78. The zero-order chi connectivity index (χ0) is 10.8. The molecule has 0 spiro atoms. The minimum atomic E-state index is -0.484.